The molecule has 9 heteroatoms. The van der Waals surface area contributed by atoms with Gasteiger partial charge in [-0.1, -0.05) is 11.6 Å². The number of amides is 1. The van der Waals surface area contributed by atoms with Crippen molar-refractivity contribution >= 4 is 34.9 Å². The molecule has 0 saturated heterocycles. The van der Waals surface area contributed by atoms with Crippen molar-refractivity contribution in [3.8, 4) is 11.8 Å². The van der Waals surface area contributed by atoms with Crippen LogP contribution in [0.2, 0.25) is 5.02 Å². The molecule has 130 valence electrons. The first kappa shape index (κ1) is 18.3. The zero-order valence-corrected chi connectivity index (χ0v) is 14.3. The topological polar surface area (TPSA) is 119 Å². The average Bonchev–Trinajstić information content (AvgIpc) is 2.92. The van der Waals surface area contributed by atoms with Crippen molar-refractivity contribution in [1.82, 2.24) is 4.57 Å². The number of carbonyl (C=O) groups is 2. The Hall–Kier alpha value is -3.02. The number of ether oxygens (including phenoxy) is 2. The van der Waals surface area contributed by atoms with Crippen LogP contribution in [0.5, 0.6) is 0 Å². The number of aromatic nitrogens is 1. The molecule has 0 aliphatic carbocycles. The summed E-state index contributed by atoms with van der Waals surface area (Å²) >= 11 is 6.05. The molecule has 8 nitrogen and oxygen atoms in total. The molecule has 0 fully saturated rings. The van der Waals surface area contributed by atoms with Gasteiger partial charge in [0.15, 0.2) is 5.69 Å². The number of halogens is 1. The molecule has 1 amide bonds. The number of esters is 1. The van der Waals surface area contributed by atoms with E-state index in [0.717, 1.165) is 0 Å². The number of rotatable bonds is 5. The molecule has 0 radical (unpaired) electrons. The van der Waals surface area contributed by atoms with Crippen LogP contribution in [0.4, 0.5) is 11.4 Å². The zero-order valence-electron chi connectivity index (χ0n) is 13.5. The second-order valence-corrected chi connectivity index (χ2v) is 5.36. The minimum absolute atomic E-state index is 0.0245. The van der Waals surface area contributed by atoms with Crippen LogP contribution in [0.1, 0.15) is 16.1 Å². The molecule has 1 aromatic heterocycles. The summed E-state index contributed by atoms with van der Waals surface area (Å²) in [5.41, 5.74) is 6.62. The second-order valence-electron chi connectivity index (χ2n) is 4.92. The van der Waals surface area contributed by atoms with Crippen LogP contribution < -0.4 is 11.1 Å². The lowest BCUT2D eigenvalue weighted by Gasteiger charge is -2.14. The fraction of sp³-hybridized carbons (Fsp3) is 0.188. The fourth-order valence-electron chi connectivity index (χ4n) is 2.23. The van der Waals surface area contributed by atoms with Gasteiger partial charge in [0.05, 0.1) is 29.7 Å². The van der Waals surface area contributed by atoms with Crippen molar-refractivity contribution in [2.24, 2.45) is 0 Å². The predicted octanol–water partition coefficient (Wildman–Crippen LogP) is 1.96. The Labute approximate surface area is 148 Å². The van der Waals surface area contributed by atoms with Crippen LogP contribution in [0.15, 0.2) is 24.4 Å². The molecule has 0 saturated carbocycles. The quantitative estimate of drug-likeness (QED) is 0.784. The van der Waals surface area contributed by atoms with E-state index in [1.165, 1.54) is 31.0 Å². The van der Waals surface area contributed by atoms with Crippen molar-refractivity contribution in [2.75, 3.05) is 31.9 Å². The lowest BCUT2D eigenvalue weighted by molar-refractivity contribution is -0.119. The number of carbonyl (C=O) groups excluding carboxylic acids is 2. The molecule has 2 aromatic rings. The molecule has 0 aliphatic rings. The van der Waals surface area contributed by atoms with Gasteiger partial charge >= 0.3 is 5.97 Å². The van der Waals surface area contributed by atoms with Crippen LogP contribution >= 0.6 is 11.6 Å². The molecule has 1 heterocycles. The standard InChI is InChI=1S/C16H15ClN4O4/c1-24-8-13(22)20-11-4-3-10(17)5-12(11)21-7-9(6-18)14(19)15(21)16(23)25-2/h3-5,7H,8,19H2,1-2H3,(H,20,22). The van der Waals surface area contributed by atoms with Crippen molar-refractivity contribution in [3.63, 3.8) is 0 Å². The lowest BCUT2D eigenvalue weighted by atomic mass is 10.2. The summed E-state index contributed by atoms with van der Waals surface area (Å²) in [6, 6.07) is 6.57. The molecule has 0 bridgehead atoms. The van der Waals surface area contributed by atoms with Gasteiger partial charge in [0.2, 0.25) is 5.91 Å². The maximum absolute atomic E-state index is 12.1. The van der Waals surface area contributed by atoms with E-state index >= 15 is 0 Å². The molecule has 0 unspecified atom stereocenters. The van der Waals surface area contributed by atoms with E-state index in [1.807, 2.05) is 6.07 Å². The molecule has 0 aliphatic heterocycles. The average molecular weight is 363 g/mol. The van der Waals surface area contributed by atoms with Crippen molar-refractivity contribution < 1.29 is 19.1 Å². The second kappa shape index (κ2) is 7.70. The molecule has 1 aromatic carbocycles. The Balaban J connectivity index is 2.65. The summed E-state index contributed by atoms with van der Waals surface area (Å²) in [5.74, 6) is -1.13. The first-order valence-corrected chi connectivity index (χ1v) is 7.38. The van der Waals surface area contributed by atoms with Gasteiger partial charge in [-0.25, -0.2) is 4.79 Å². The fourth-order valence-corrected chi connectivity index (χ4v) is 2.40. The summed E-state index contributed by atoms with van der Waals surface area (Å²) in [6.45, 7) is -0.150. The molecule has 0 atom stereocenters. The normalized spacial score (nSPS) is 10.2. The van der Waals surface area contributed by atoms with Gasteiger partial charge in [0.25, 0.3) is 0 Å². The Kier molecular flexibility index (Phi) is 5.64. The van der Waals surface area contributed by atoms with Gasteiger partial charge in [-0.3, -0.25) is 4.79 Å². The van der Waals surface area contributed by atoms with Gasteiger partial charge < -0.3 is 25.1 Å². The Morgan fingerprint density at radius 2 is 2.12 bits per heavy atom. The zero-order chi connectivity index (χ0) is 18.6. The molecule has 3 N–H and O–H groups in total. The van der Waals surface area contributed by atoms with Gasteiger partial charge in [-0.05, 0) is 18.2 Å². The number of nitriles is 1. The monoisotopic (exact) mass is 362 g/mol. The molecule has 0 spiro atoms. The van der Waals surface area contributed by atoms with Gasteiger partial charge in [-0.2, -0.15) is 5.26 Å². The van der Waals surface area contributed by atoms with E-state index in [0.29, 0.717) is 16.4 Å². The molecule has 2 rings (SSSR count). The highest BCUT2D eigenvalue weighted by atomic mass is 35.5. The Morgan fingerprint density at radius 1 is 1.40 bits per heavy atom. The van der Waals surface area contributed by atoms with E-state index in [9.17, 15) is 14.9 Å². The number of anilines is 2. The van der Waals surface area contributed by atoms with Crippen LogP contribution in [-0.2, 0) is 14.3 Å². The van der Waals surface area contributed by atoms with Crippen LogP contribution in [0.25, 0.3) is 5.69 Å². The van der Waals surface area contributed by atoms with E-state index in [4.69, 9.17) is 26.8 Å². The highest BCUT2D eigenvalue weighted by Crippen LogP contribution is 2.30. The number of nitrogen functional groups attached to an aromatic ring is 1. The third kappa shape index (κ3) is 3.74. The van der Waals surface area contributed by atoms with Crippen LogP contribution in [0, 0.1) is 11.3 Å². The molecular weight excluding hydrogens is 348 g/mol. The Morgan fingerprint density at radius 3 is 2.72 bits per heavy atom. The van der Waals surface area contributed by atoms with Crippen molar-refractivity contribution in [3.05, 3.63) is 40.7 Å². The van der Waals surface area contributed by atoms with Gasteiger partial charge in [-0.15, -0.1) is 0 Å². The predicted molar refractivity (Wildman–Crippen MR) is 91.8 cm³/mol. The Bertz CT molecular complexity index is 870. The maximum atomic E-state index is 12.1. The number of nitrogens with zero attached hydrogens (tertiary/aromatic N) is 2. The minimum Gasteiger partial charge on any atom is -0.464 e. The summed E-state index contributed by atoms with van der Waals surface area (Å²) in [5, 5.41) is 12.2. The number of benzene rings is 1. The number of methoxy groups -OCH3 is 2. The first-order chi connectivity index (χ1) is 11.9. The van der Waals surface area contributed by atoms with Crippen LogP contribution in [0.3, 0.4) is 0 Å². The lowest BCUT2D eigenvalue weighted by Crippen LogP contribution is -2.19. The van der Waals surface area contributed by atoms with E-state index in [-0.39, 0.29) is 23.6 Å². The van der Waals surface area contributed by atoms with E-state index in [2.05, 4.69) is 5.32 Å². The summed E-state index contributed by atoms with van der Waals surface area (Å²) < 4.78 is 10.9. The summed E-state index contributed by atoms with van der Waals surface area (Å²) in [6.07, 6.45) is 1.37. The third-order valence-corrected chi connectivity index (χ3v) is 3.55. The number of hydrogen-bond donors (Lipinski definition) is 2. The third-order valence-electron chi connectivity index (χ3n) is 3.31. The molecule has 25 heavy (non-hydrogen) atoms. The van der Waals surface area contributed by atoms with Gasteiger partial charge in [0.1, 0.15) is 12.7 Å². The first-order valence-electron chi connectivity index (χ1n) is 7.00. The SMILES string of the molecule is COCC(=O)Nc1ccc(Cl)cc1-n1cc(C#N)c(N)c1C(=O)OC. The largest absolute Gasteiger partial charge is 0.464 e. The van der Waals surface area contributed by atoms with E-state index < -0.39 is 11.9 Å². The maximum Gasteiger partial charge on any atom is 0.357 e. The summed E-state index contributed by atoms with van der Waals surface area (Å²) in [4.78, 5) is 23.9. The molecular formula is C16H15ClN4O4. The van der Waals surface area contributed by atoms with Crippen LogP contribution in [-0.4, -0.2) is 37.3 Å². The van der Waals surface area contributed by atoms with Crippen molar-refractivity contribution in [1.29, 1.82) is 5.26 Å². The number of hydrogen-bond acceptors (Lipinski definition) is 6. The smallest absolute Gasteiger partial charge is 0.357 e. The minimum atomic E-state index is -0.729. The summed E-state index contributed by atoms with van der Waals surface area (Å²) in [7, 11) is 2.59. The highest BCUT2D eigenvalue weighted by Gasteiger charge is 2.23. The highest BCUT2D eigenvalue weighted by molar-refractivity contribution is 6.31. The van der Waals surface area contributed by atoms with E-state index in [1.54, 1.807) is 12.1 Å². The van der Waals surface area contributed by atoms with Crippen molar-refractivity contribution in [2.45, 2.75) is 0 Å². The number of nitrogens with two attached hydrogens (primary N) is 1. The van der Waals surface area contributed by atoms with Gasteiger partial charge in [0, 0.05) is 18.3 Å². The number of nitrogens with one attached hydrogen (secondary N) is 1.